The predicted octanol–water partition coefficient (Wildman–Crippen LogP) is 7.00. The van der Waals surface area contributed by atoms with Crippen molar-refractivity contribution in [2.24, 2.45) is 62.6 Å². The Morgan fingerprint density at radius 1 is 0.750 bits per heavy atom. The minimum atomic E-state index is -0.153. The number of carbonyl (C=O) groups excluding carboxylic acids is 1. The first-order valence-corrected chi connectivity index (χ1v) is 17.6. The number of piperazine rings is 1. The molecule has 0 aromatic rings. The Balaban J connectivity index is 1.22. The van der Waals surface area contributed by atoms with Crippen LogP contribution in [0.5, 0.6) is 0 Å². The van der Waals surface area contributed by atoms with Gasteiger partial charge in [0.05, 0.1) is 11.5 Å². The van der Waals surface area contributed by atoms with Crippen LogP contribution < -0.4 is 0 Å². The Bertz CT molecular complexity index is 1010. The lowest BCUT2D eigenvalue weighted by molar-refractivity contribution is -0.248. The van der Waals surface area contributed by atoms with Crippen LogP contribution in [0.15, 0.2) is 0 Å². The topological polar surface area (TPSA) is 43.8 Å². The van der Waals surface area contributed by atoms with Crippen molar-refractivity contribution in [1.29, 1.82) is 0 Å². The van der Waals surface area contributed by atoms with Gasteiger partial charge in [-0.25, -0.2) is 0 Å². The molecule has 40 heavy (non-hydrogen) atoms. The summed E-state index contributed by atoms with van der Waals surface area (Å²) in [5.74, 6) is 4.96. The maximum Gasteiger partial charge on any atom is 0.229 e. The number of nitrogens with zero attached hydrogens (tertiary/aromatic N) is 2. The monoisotopic (exact) mass is 552 g/mol. The van der Waals surface area contributed by atoms with E-state index in [0.717, 1.165) is 63.3 Å². The third kappa shape index (κ3) is 3.59. The Kier molecular flexibility index (Phi) is 6.48. The number of carbonyl (C=O) groups is 1. The molecular formula is C36H60N2O2. The lowest BCUT2D eigenvalue weighted by atomic mass is 9.32. The highest BCUT2D eigenvalue weighted by molar-refractivity contribution is 5.84. The molecule has 1 aliphatic heterocycles. The standard InChI is InChI=1S/C36H60N2O2/c1-7-37-20-22-38(23-21-37)31(40)36-17-12-25(24-8-9-24)30(36)26-10-11-28-33(4)15-14-29(39)32(2,3)27(33)13-16-35(28,6)34(26,5)18-19-36/h24-30,39H,7-23H2,1-6H3/t25-,26+,27-,28+,29-,30+,33-,34+,35+,36-/m0/s1. The van der Waals surface area contributed by atoms with E-state index < -0.39 is 0 Å². The van der Waals surface area contributed by atoms with Crippen LogP contribution in [-0.4, -0.2) is 59.6 Å². The number of fused-ring (bicyclic) bond motifs is 7. The Labute approximate surface area is 245 Å². The highest BCUT2D eigenvalue weighted by atomic mass is 16.3. The minimum Gasteiger partial charge on any atom is -0.393 e. The molecule has 0 aromatic heterocycles. The highest BCUT2D eigenvalue weighted by Crippen LogP contribution is 2.78. The molecule has 0 unspecified atom stereocenters. The molecule has 7 fully saturated rings. The summed E-state index contributed by atoms with van der Waals surface area (Å²) < 4.78 is 0. The number of amides is 1. The van der Waals surface area contributed by atoms with Crippen LogP contribution >= 0.6 is 0 Å². The van der Waals surface area contributed by atoms with Crippen molar-refractivity contribution in [2.45, 2.75) is 125 Å². The van der Waals surface area contributed by atoms with Gasteiger partial charge in [-0.1, -0.05) is 41.5 Å². The molecule has 1 heterocycles. The molecule has 10 atom stereocenters. The summed E-state index contributed by atoms with van der Waals surface area (Å²) in [6.07, 6.45) is 15.0. The molecule has 0 radical (unpaired) electrons. The predicted molar refractivity (Wildman–Crippen MR) is 162 cm³/mol. The van der Waals surface area contributed by atoms with Crippen molar-refractivity contribution < 1.29 is 9.90 Å². The van der Waals surface area contributed by atoms with Crippen molar-refractivity contribution in [2.75, 3.05) is 32.7 Å². The van der Waals surface area contributed by atoms with Crippen molar-refractivity contribution in [1.82, 2.24) is 9.80 Å². The van der Waals surface area contributed by atoms with Gasteiger partial charge in [-0.3, -0.25) is 4.79 Å². The fourth-order valence-corrected chi connectivity index (χ4v) is 13.6. The molecule has 0 spiro atoms. The van der Waals surface area contributed by atoms with E-state index in [4.69, 9.17) is 0 Å². The van der Waals surface area contributed by atoms with Crippen LogP contribution in [0, 0.1) is 62.6 Å². The summed E-state index contributed by atoms with van der Waals surface area (Å²) in [6.45, 7) is 20.2. The molecule has 6 saturated carbocycles. The molecule has 4 heteroatoms. The van der Waals surface area contributed by atoms with Gasteiger partial charge < -0.3 is 14.9 Å². The van der Waals surface area contributed by atoms with Gasteiger partial charge in [0.25, 0.3) is 0 Å². The molecule has 0 bridgehead atoms. The van der Waals surface area contributed by atoms with Gasteiger partial charge in [-0.15, -0.1) is 0 Å². The molecule has 4 nitrogen and oxygen atoms in total. The third-order valence-corrected chi connectivity index (χ3v) is 16.2. The SMILES string of the molecule is CCN1CCN(C(=O)[C@]23CC[C@@H](C4CC4)[C@@H]2[C@H]2CC[C@@H]4[C@@]5(C)CC[C@H](O)C(C)(C)[C@@H]5CC[C@@]4(C)[C@]2(C)CC3)CC1. The van der Waals surface area contributed by atoms with Gasteiger partial charge in [0.1, 0.15) is 0 Å². The first kappa shape index (κ1) is 28.2. The zero-order valence-corrected chi connectivity index (χ0v) is 26.8. The van der Waals surface area contributed by atoms with Gasteiger partial charge in [0, 0.05) is 26.2 Å². The smallest absolute Gasteiger partial charge is 0.229 e. The molecule has 6 aliphatic carbocycles. The van der Waals surface area contributed by atoms with Crippen molar-refractivity contribution in [3.8, 4) is 0 Å². The van der Waals surface area contributed by atoms with Crippen molar-refractivity contribution in [3.05, 3.63) is 0 Å². The second-order valence-electron chi connectivity index (χ2n) is 17.5. The lowest BCUT2D eigenvalue weighted by Crippen LogP contribution is -2.67. The summed E-state index contributed by atoms with van der Waals surface area (Å²) in [5.41, 5.74) is 0.950. The number of aliphatic hydroxyl groups is 1. The number of hydrogen-bond donors (Lipinski definition) is 1. The zero-order chi connectivity index (χ0) is 28.3. The van der Waals surface area contributed by atoms with E-state index in [1.54, 1.807) is 0 Å². The minimum absolute atomic E-state index is 0.0184. The van der Waals surface area contributed by atoms with Gasteiger partial charge >= 0.3 is 0 Å². The second kappa shape index (κ2) is 9.20. The lowest BCUT2D eigenvalue weighted by Gasteiger charge is -2.73. The van der Waals surface area contributed by atoms with Gasteiger partial charge in [0.2, 0.25) is 5.91 Å². The summed E-state index contributed by atoms with van der Waals surface area (Å²) >= 11 is 0. The number of hydrogen-bond acceptors (Lipinski definition) is 3. The molecule has 7 aliphatic rings. The quantitative estimate of drug-likeness (QED) is 0.410. The largest absolute Gasteiger partial charge is 0.393 e. The maximum absolute atomic E-state index is 14.7. The van der Waals surface area contributed by atoms with Crippen LogP contribution in [0.3, 0.4) is 0 Å². The Hall–Kier alpha value is -0.610. The molecule has 1 saturated heterocycles. The van der Waals surface area contributed by atoms with E-state index in [1.165, 1.54) is 64.2 Å². The molecule has 1 amide bonds. The van der Waals surface area contributed by atoms with E-state index in [0.29, 0.717) is 39.9 Å². The van der Waals surface area contributed by atoms with Crippen LogP contribution in [0.4, 0.5) is 0 Å². The van der Waals surface area contributed by atoms with Gasteiger partial charge in [0.15, 0.2) is 0 Å². The highest BCUT2D eigenvalue weighted by Gasteiger charge is 2.72. The van der Waals surface area contributed by atoms with Crippen LogP contribution in [0.2, 0.25) is 0 Å². The fourth-order valence-electron chi connectivity index (χ4n) is 13.6. The van der Waals surface area contributed by atoms with Crippen LogP contribution in [0.25, 0.3) is 0 Å². The normalized spacial score (nSPS) is 52.3. The number of rotatable bonds is 3. The Morgan fingerprint density at radius 2 is 1.48 bits per heavy atom. The van der Waals surface area contributed by atoms with E-state index in [9.17, 15) is 9.90 Å². The number of likely N-dealkylation sites (N-methyl/N-ethyl adjacent to an activating group) is 1. The summed E-state index contributed by atoms with van der Waals surface area (Å²) in [6, 6.07) is 0. The first-order valence-electron chi connectivity index (χ1n) is 17.6. The summed E-state index contributed by atoms with van der Waals surface area (Å²) in [7, 11) is 0. The van der Waals surface area contributed by atoms with E-state index in [1.807, 2.05) is 0 Å². The average molecular weight is 553 g/mol. The third-order valence-electron chi connectivity index (χ3n) is 16.2. The Morgan fingerprint density at radius 3 is 2.15 bits per heavy atom. The van der Waals surface area contributed by atoms with E-state index in [2.05, 4.69) is 51.3 Å². The fraction of sp³-hybridized carbons (Fsp3) is 0.972. The maximum atomic E-state index is 14.7. The first-order chi connectivity index (χ1) is 18.9. The molecule has 226 valence electrons. The molecule has 7 rings (SSSR count). The van der Waals surface area contributed by atoms with E-state index >= 15 is 0 Å². The van der Waals surface area contributed by atoms with E-state index in [-0.39, 0.29) is 16.9 Å². The average Bonchev–Trinajstić information content (AvgIpc) is 3.70. The summed E-state index contributed by atoms with van der Waals surface area (Å²) in [4.78, 5) is 19.5. The van der Waals surface area contributed by atoms with Crippen LogP contribution in [0.1, 0.15) is 119 Å². The second-order valence-corrected chi connectivity index (χ2v) is 17.5. The summed E-state index contributed by atoms with van der Waals surface area (Å²) in [5, 5.41) is 11.1. The molecule has 0 aromatic carbocycles. The molecule has 1 N–H and O–H groups in total. The molecular weight excluding hydrogens is 492 g/mol. The van der Waals surface area contributed by atoms with Crippen molar-refractivity contribution in [3.63, 3.8) is 0 Å². The van der Waals surface area contributed by atoms with Gasteiger partial charge in [-0.2, -0.15) is 0 Å². The number of aliphatic hydroxyl groups excluding tert-OH is 1. The van der Waals surface area contributed by atoms with Crippen LogP contribution in [-0.2, 0) is 4.79 Å². The zero-order valence-electron chi connectivity index (χ0n) is 26.8. The van der Waals surface area contributed by atoms with Gasteiger partial charge in [-0.05, 0) is 141 Å². The van der Waals surface area contributed by atoms with Crippen molar-refractivity contribution >= 4 is 5.91 Å².